The second-order valence-electron chi connectivity index (χ2n) is 6.71. The number of Topliss-reactive ketones (excluding diaryl/α,β-unsaturated/α-hetero) is 1. The summed E-state index contributed by atoms with van der Waals surface area (Å²) in [7, 11) is 0. The molecule has 1 heterocycles. The van der Waals surface area contributed by atoms with Gasteiger partial charge in [0.15, 0.2) is 11.4 Å². The SMILES string of the molecule is C=CCN1C(=O)[C@](O)(CC(=O)c2cccc3ccccc23)c2ccccc21. The smallest absolute Gasteiger partial charge is 0.264 e. The first-order valence-corrected chi connectivity index (χ1v) is 8.82. The first-order chi connectivity index (χ1) is 13.1. The number of carbonyl (C=O) groups excluding carboxylic acids is 2. The number of rotatable bonds is 5. The second-order valence-corrected chi connectivity index (χ2v) is 6.71. The minimum Gasteiger partial charge on any atom is -0.375 e. The molecule has 3 aromatic rings. The molecule has 134 valence electrons. The van der Waals surface area contributed by atoms with Crippen LogP contribution in [0.3, 0.4) is 0 Å². The Balaban J connectivity index is 1.76. The normalized spacial score (nSPS) is 18.6. The summed E-state index contributed by atoms with van der Waals surface area (Å²) in [6, 6.07) is 20.1. The summed E-state index contributed by atoms with van der Waals surface area (Å²) in [6.07, 6.45) is 1.30. The topological polar surface area (TPSA) is 57.6 Å². The van der Waals surface area contributed by atoms with Crippen molar-refractivity contribution in [2.24, 2.45) is 0 Å². The summed E-state index contributed by atoms with van der Waals surface area (Å²) in [5, 5.41) is 13.0. The zero-order valence-electron chi connectivity index (χ0n) is 14.8. The van der Waals surface area contributed by atoms with Crippen LogP contribution in [0, 0.1) is 0 Å². The Morgan fingerprint density at radius 1 is 1.04 bits per heavy atom. The molecule has 4 heteroatoms. The maximum Gasteiger partial charge on any atom is 0.264 e. The molecular formula is C23H19NO3. The van der Waals surface area contributed by atoms with E-state index in [1.807, 2.05) is 36.4 Å². The first kappa shape index (κ1) is 17.2. The van der Waals surface area contributed by atoms with Gasteiger partial charge in [-0.2, -0.15) is 0 Å². The molecule has 0 spiro atoms. The molecule has 0 radical (unpaired) electrons. The van der Waals surface area contributed by atoms with Crippen molar-refractivity contribution in [1.29, 1.82) is 0 Å². The third-order valence-electron chi connectivity index (χ3n) is 5.06. The van der Waals surface area contributed by atoms with Crippen LogP contribution in [0.2, 0.25) is 0 Å². The van der Waals surface area contributed by atoms with Crippen LogP contribution in [-0.2, 0) is 10.4 Å². The Labute approximate surface area is 157 Å². The molecule has 0 fully saturated rings. The number of hydrogen-bond acceptors (Lipinski definition) is 3. The standard InChI is InChI=1S/C23H19NO3/c1-2-14-24-20-13-6-5-12-19(20)23(27,22(24)26)15-21(25)18-11-7-9-16-8-3-4-10-17(16)18/h2-13,27H,1,14-15H2/t23-/m0/s1. The molecule has 1 amide bonds. The van der Waals surface area contributed by atoms with E-state index in [0.717, 1.165) is 10.8 Å². The fourth-order valence-corrected chi connectivity index (χ4v) is 3.78. The van der Waals surface area contributed by atoms with E-state index in [0.29, 0.717) is 16.8 Å². The number of nitrogens with zero attached hydrogens (tertiary/aromatic N) is 1. The van der Waals surface area contributed by atoms with Gasteiger partial charge in [-0.3, -0.25) is 9.59 Å². The summed E-state index contributed by atoms with van der Waals surface area (Å²) >= 11 is 0. The van der Waals surface area contributed by atoms with Gasteiger partial charge in [-0.15, -0.1) is 6.58 Å². The number of amides is 1. The van der Waals surface area contributed by atoms with E-state index in [1.165, 1.54) is 4.90 Å². The summed E-state index contributed by atoms with van der Waals surface area (Å²) in [5.74, 6) is -0.755. The number of aliphatic hydroxyl groups is 1. The van der Waals surface area contributed by atoms with Crippen LogP contribution < -0.4 is 4.90 Å². The van der Waals surface area contributed by atoms with Crippen LogP contribution in [0.1, 0.15) is 22.3 Å². The second kappa shape index (κ2) is 6.49. The van der Waals surface area contributed by atoms with Gasteiger partial charge in [-0.1, -0.05) is 66.7 Å². The molecule has 0 saturated heterocycles. The van der Waals surface area contributed by atoms with Gasteiger partial charge in [0, 0.05) is 17.7 Å². The Bertz CT molecular complexity index is 1070. The molecule has 27 heavy (non-hydrogen) atoms. The van der Waals surface area contributed by atoms with Gasteiger partial charge in [0.05, 0.1) is 12.1 Å². The monoisotopic (exact) mass is 357 g/mol. The van der Waals surface area contributed by atoms with Crippen molar-refractivity contribution < 1.29 is 14.7 Å². The first-order valence-electron chi connectivity index (χ1n) is 8.82. The minimum atomic E-state index is -1.87. The number of carbonyl (C=O) groups is 2. The molecule has 0 aliphatic carbocycles. The highest BCUT2D eigenvalue weighted by molar-refractivity contribution is 6.14. The third kappa shape index (κ3) is 2.66. The summed E-state index contributed by atoms with van der Waals surface area (Å²) in [6.45, 7) is 3.96. The van der Waals surface area contributed by atoms with E-state index in [1.54, 1.807) is 36.4 Å². The van der Waals surface area contributed by atoms with E-state index in [4.69, 9.17) is 0 Å². The molecule has 0 unspecified atom stereocenters. The fourth-order valence-electron chi connectivity index (χ4n) is 3.78. The number of ketones is 1. The largest absolute Gasteiger partial charge is 0.375 e. The summed E-state index contributed by atoms with van der Waals surface area (Å²) in [5.41, 5.74) is -0.275. The number of hydrogen-bond donors (Lipinski definition) is 1. The predicted molar refractivity (Wildman–Crippen MR) is 106 cm³/mol. The van der Waals surface area contributed by atoms with Gasteiger partial charge in [0.25, 0.3) is 5.91 Å². The Hall–Kier alpha value is -3.24. The van der Waals surface area contributed by atoms with Crippen LogP contribution >= 0.6 is 0 Å². The molecule has 3 aromatic carbocycles. The summed E-state index contributed by atoms with van der Waals surface area (Å²) in [4.78, 5) is 27.5. The van der Waals surface area contributed by atoms with Crippen LogP contribution in [0.4, 0.5) is 5.69 Å². The van der Waals surface area contributed by atoms with E-state index < -0.39 is 11.5 Å². The Kier molecular flexibility index (Phi) is 4.13. The van der Waals surface area contributed by atoms with Crippen LogP contribution in [0.5, 0.6) is 0 Å². The molecule has 4 rings (SSSR count). The third-order valence-corrected chi connectivity index (χ3v) is 5.06. The van der Waals surface area contributed by atoms with E-state index in [9.17, 15) is 14.7 Å². The zero-order valence-corrected chi connectivity index (χ0v) is 14.8. The van der Waals surface area contributed by atoms with Gasteiger partial charge in [-0.25, -0.2) is 0 Å². The van der Waals surface area contributed by atoms with Crippen molar-refractivity contribution in [3.05, 3.63) is 90.5 Å². The molecule has 1 aliphatic heterocycles. The lowest BCUT2D eigenvalue weighted by atomic mass is 9.87. The highest BCUT2D eigenvalue weighted by Gasteiger charge is 2.50. The van der Waals surface area contributed by atoms with Crippen LogP contribution in [0.15, 0.2) is 79.4 Å². The van der Waals surface area contributed by atoms with Gasteiger partial charge in [-0.05, 0) is 16.8 Å². The van der Waals surface area contributed by atoms with E-state index in [-0.39, 0.29) is 18.7 Å². The number of fused-ring (bicyclic) bond motifs is 2. The average molecular weight is 357 g/mol. The molecule has 0 saturated carbocycles. The lowest BCUT2D eigenvalue weighted by Crippen LogP contribution is -2.41. The van der Waals surface area contributed by atoms with Crippen LogP contribution in [0.25, 0.3) is 10.8 Å². The van der Waals surface area contributed by atoms with Gasteiger partial charge in [0.1, 0.15) is 0 Å². The van der Waals surface area contributed by atoms with Crippen molar-refractivity contribution in [3.63, 3.8) is 0 Å². The minimum absolute atomic E-state index is 0.266. The number of anilines is 1. The zero-order chi connectivity index (χ0) is 19.0. The van der Waals surface area contributed by atoms with E-state index >= 15 is 0 Å². The average Bonchev–Trinajstić information content (AvgIpc) is 2.90. The van der Waals surface area contributed by atoms with Gasteiger partial charge < -0.3 is 10.0 Å². The van der Waals surface area contributed by atoms with Crippen molar-refractivity contribution >= 4 is 28.2 Å². The molecule has 0 aromatic heterocycles. The molecule has 1 atom stereocenters. The highest BCUT2D eigenvalue weighted by atomic mass is 16.3. The van der Waals surface area contributed by atoms with Crippen molar-refractivity contribution in [1.82, 2.24) is 0 Å². The number of benzene rings is 3. The maximum absolute atomic E-state index is 13.1. The molecule has 1 N–H and O–H groups in total. The lowest BCUT2D eigenvalue weighted by molar-refractivity contribution is -0.135. The summed E-state index contributed by atoms with van der Waals surface area (Å²) < 4.78 is 0. The molecule has 4 nitrogen and oxygen atoms in total. The van der Waals surface area contributed by atoms with Crippen LogP contribution in [-0.4, -0.2) is 23.3 Å². The van der Waals surface area contributed by atoms with E-state index in [2.05, 4.69) is 6.58 Å². The molecular weight excluding hydrogens is 338 g/mol. The fraction of sp³-hybridized carbons (Fsp3) is 0.130. The van der Waals surface area contributed by atoms with Crippen molar-refractivity contribution in [3.8, 4) is 0 Å². The lowest BCUT2D eigenvalue weighted by Gasteiger charge is -2.22. The van der Waals surface area contributed by atoms with Crippen molar-refractivity contribution in [2.75, 3.05) is 11.4 Å². The quantitative estimate of drug-likeness (QED) is 0.558. The van der Waals surface area contributed by atoms with Crippen molar-refractivity contribution in [2.45, 2.75) is 12.0 Å². The predicted octanol–water partition coefficient (Wildman–Crippen LogP) is 3.83. The Morgan fingerprint density at radius 2 is 1.74 bits per heavy atom. The maximum atomic E-state index is 13.1. The number of para-hydroxylation sites is 1. The Morgan fingerprint density at radius 3 is 2.56 bits per heavy atom. The van der Waals surface area contributed by atoms with Gasteiger partial charge >= 0.3 is 0 Å². The molecule has 1 aliphatic rings. The highest BCUT2D eigenvalue weighted by Crippen LogP contribution is 2.43. The molecule has 0 bridgehead atoms. The van der Waals surface area contributed by atoms with Gasteiger partial charge in [0.2, 0.25) is 0 Å².